The highest BCUT2D eigenvalue weighted by Crippen LogP contribution is 2.15. The molecule has 0 amide bonds. The number of quaternary nitrogens is 2. The monoisotopic (exact) mass is 328 g/mol. The lowest BCUT2D eigenvalue weighted by molar-refractivity contribution is -1.01. The molecule has 4 nitrogen and oxygen atoms in total. The van der Waals surface area contributed by atoms with Gasteiger partial charge in [0.1, 0.15) is 38.8 Å². The first-order valence-electron chi connectivity index (χ1n) is 8.35. The number of aliphatic hydroxyl groups excluding tert-OH is 1. The number of ether oxygens (including phenoxy) is 1. The molecule has 3 N–H and O–H groups in total. The summed E-state index contributed by atoms with van der Waals surface area (Å²) < 4.78 is 5.61. The predicted molar refractivity (Wildman–Crippen MR) is 88.5 cm³/mol. The molecule has 0 saturated carbocycles. The maximum Gasteiger partial charge on any atom is 0.127 e. The lowest BCUT2D eigenvalue weighted by atomic mass is 10.2. The van der Waals surface area contributed by atoms with Crippen LogP contribution in [0.4, 0.5) is 0 Å². The largest absolute Gasteiger partial charge is 0.385 e. The summed E-state index contributed by atoms with van der Waals surface area (Å²) in [6.07, 6.45) is 0.855. The van der Waals surface area contributed by atoms with Crippen molar-refractivity contribution in [1.29, 1.82) is 0 Å². The summed E-state index contributed by atoms with van der Waals surface area (Å²) in [4.78, 5) is 3.20. The van der Waals surface area contributed by atoms with Crippen LogP contribution in [0.1, 0.15) is 18.9 Å². The van der Waals surface area contributed by atoms with Crippen molar-refractivity contribution in [2.45, 2.75) is 26.1 Å². The highest BCUT2D eigenvalue weighted by molar-refractivity contribution is 6.31. The molecule has 0 spiro atoms. The molecular weight excluding hydrogens is 300 g/mol. The molecule has 22 heavy (non-hydrogen) atoms. The van der Waals surface area contributed by atoms with E-state index in [9.17, 15) is 5.11 Å². The minimum Gasteiger partial charge on any atom is -0.385 e. The van der Waals surface area contributed by atoms with Crippen molar-refractivity contribution < 1.29 is 19.6 Å². The number of benzene rings is 1. The van der Waals surface area contributed by atoms with Gasteiger partial charge in [-0.15, -0.1) is 0 Å². The second-order valence-corrected chi connectivity index (χ2v) is 6.62. The zero-order valence-corrected chi connectivity index (χ0v) is 14.2. The zero-order valence-electron chi connectivity index (χ0n) is 13.5. The van der Waals surface area contributed by atoms with Crippen LogP contribution >= 0.6 is 11.6 Å². The van der Waals surface area contributed by atoms with Gasteiger partial charge in [0.05, 0.1) is 19.8 Å². The molecule has 124 valence electrons. The molecule has 0 unspecified atom stereocenters. The van der Waals surface area contributed by atoms with Crippen LogP contribution in [0.3, 0.4) is 0 Å². The fraction of sp³-hybridized carbons (Fsp3) is 0.647. The Morgan fingerprint density at radius 3 is 2.55 bits per heavy atom. The first kappa shape index (κ1) is 17.7. The Morgan fingerprint density at radius 1 is 1.18 bits per heavy atom. The van der Waals surface area contributed by atoms with E-state index in [2.05, 4.69) is 6.92 Å². The molecular formula is C17H29ClN2O2+2. The molecule has 1 atom stereocenters. The van der Waals surface area contributed by atoms with Crippen molar-refractivity contribution in [1.82, 2.24) is 0 Å². The van der Waals surface area contributed by atoms with Gasteiger partial charge in [-0.05, 0) is 18.1 Å². The van der Waals surface area contributed by atoms with Crippen LogP contribution in [0.15, 0.2) is 24.3 Å². The third kappa shape index (κ3) is 5.86. The maximum atomic E-state index is 10.1. The van der Waals surface area contributed by atoms with E-state index in [1.165, 1.54) is 31.0 Å². The van der Waals surface area contributed by atoms with Gasteiger partial charge in [-0.2, -0.15) is 0 Å². The summed E-state index contributed by atoms with van der Waals surface area (Å²) in [6.45, 7) is 9.87. The first-order valence-corrected chi connectivity index (χ1v) is 8.73. The number of rotatable bonds is 8. The predicted octanol–water partition coefficient (Wildman–Crippen LogP) is -0.589. The van der Waals surface area contributed by atoms with Crippen LogP contribution < -0.4 is 9.80 Å². The number of halogens is 1. The first-order chi connectivity index (χ1) is 10.7. The Morgan fingerprint density at radius 2 is 1.86 bits per heavy atom. The lowest BCUT2D eigenvalue weighted by Gasteiger charge is -2.30. The standard InChI is InChI=1S/C17H27ClN2O2/c1-2-7-19-8-10-20(11-9-19)12-16(21)14-22-13-15-5-3-4-6-17(15)18/h3-6,16,21H,2,7-14H2,1H3/p+2/t16-/m0/s1. The fourth-order valence-corrected chi connectivity index (χ4v) is 3.27. The molecule has 0 radical (unpaired) electrons. The second kappa shape index (κ2) is 9.48. The highest BCUT2D eigenvalue weighted by atomic mass is 35.5. The van der Waals surface area contributed by atoms with Crippen LogP contribution in [0.25, 0.3) is 0 Å². The Kier molecular flexibility index (Phi) is 7.63. The highest BCUT2D eigenvalue weighted by Gasteiger charge is 2.24. The molecule has 2 rings (SSSR count). The van der Waals surface area contributed by atoms with Gasteiger partial charge in [-0.25, -0.2) is 0 Å². The van der Waals surface area contributed by atoms with Crippen molar-refractivity contribution in [3.05, 3.63) is 34.9 Å². The molecule has 0 bridgehead atoms. The van der Waals surface area contributed by atoms with Crippen molar-refractivity contribution in [3.8, 4) is 0 Å². The second-order valence-electron chi connectivity index (χ2n) is 6.21. The maximum absolute atomic E-state index is 10.1. The summed E-state index contributed by atoms with van der Waals surface area (Å²) in [5.41, 5.74) is 0.973. The van der Waals surface area contributed by atoms with Gasteiger partial charge in [-0.1, -0.05) is 36.7 Å². The van der Waals surface area contributed by atoms with Crippen LogP contribution in [-0.2, 0) is 11.3 Å². The molecule has 1 heterocycles. The Labute approximate surface area is 138 Å². The van der Waals surface area contributed by atoms with Crippen LogP contribution in [0.2, 0.25) is 5.02 Å². The summed E-state index contributed by atoms with van der Waals surface area (Å²) in [7, 11) is 0. The van der Waals surface area contributed by atoms with Crippen molar-refractivity contribution in [3.63, 3.8) is 0 Å². The third-order valence-corrected chi connectivity index (χ3v) is 4.69. The summed E-state index contributed by atoms with van der Waals surface area (Å²) >= 11 is 6.09. The third-order valence-electron chi connectivity index (χ3n) is 4.32. The number of nitrogens with one attached hydrogen (secondary N) is 2. The van der Waals surface area contributed by atoms with Crippen LogP contribution in [0.5, 0.6) is 0 Å². The molecule has 1 saturated heterocycles. The number of piperazine rings is 1. The minimum absolute atomic E-state index is 0.375. The smallest absolute Gasteiger partial charge is 0.127 e. The van der Waals surface area contributed by atoms with Gasteiger partial charge in [0.25, 0.3) is 0 Å². The molecule has 0 aromatic heterocycles. The lowest BCUT2D eigenvalue weighted by Crippen LogP contribution is -3.28. The van der Waals surface area contributed by atoms with Crippen molar-refractivity contribution in [2.75, 3.05) is 45.9 Å². The van der Waals surface area contributed by atoms with E-state index in [0.717, 1.165) is 30.2 Å². The average molecular weight is 329 g/mol. The quantitative estimate of drug-likeness (QED) is 0.597. The van der Waals surface area contributed by atoms with Crippen molar-refractivity contribution in [2.24, 2.45) is 0 Å². The van der Waals surface area contributed by atoms with E-state index >= 15 is 0 Å². The van der Waals surface area contributed by atoms with Gasteiger partial charge in [-0.3, -0.25) is 0 Å². The van der Waals surface area contributed by atoms with Crippen LogP contribution in [-0.4, -0.2) is 57.1 Å². The summed E-state index contributed by atoms with van der Waals surface area (Å²) in [5.74, 6) is 0. The molecule has 0 aliphatic carbocycles. The number of aliphatic hydroxyl groups is 1. The number of hydrogen-bond acceptors (Lipinski definition) is 2. The van der Waals surface area contributed by atoms with Gasteiger partial charge in [0.2, 0.25) is 0 Å². The van der Waals surface area contributed by atoms with Gasteiger partial charge < -0.3 is 19.6 Å². The van der Waals surface area contributed by atoms with E-state index in [0.29, 0.717) is 13.2 Å². The molecule has 1 aliphatic rings. The summed E-state index contributed by atoms with van der Waals surface area (Å²) in [6, 6.07) is 7.67. The summed E-state index contributed by atoms with van der Waals surface area (Å²) in [5, 5.41) is 10.9. The normalized spacial score (nSPS) is 23.4. The van der Waals surface area contributed by atoms with Gasteiger partial charge in [0.15, 0.2) is 0 Å². The van der Waals surface area contributed by atoms with E-state index < -0.39 is 6.10 Å². The SMILES string of the molecule is CCC[NH+]1CC[NH+](C[C@H](O)COCc2ccccc2Cl)CC1. The van der Waals surface area contributed by atoms with E-state index in [-0.39, 0.29) is 0 Å². The fourth-order valence-electron chi connectivity index (χ4n) is 3.08. The average Bonchev–Trinajstić information content (AvgIpc) is 2.51. The topological polar surface area (TPSA) is 38.3 Å². The molecule has 5 heteroatoms. The molecule has 1 aromatic carbocycles. The van der Waals surface area contributed by atoms with E-state index in [1.54, 1.807) is 4.90 Å². The van der Waals surface area contributed by atoms with Crippen molar-refractivity contribution >= 4 is 11.6 Å². The Hall–Kier alpha value is -0.650. The molecule has 1 aliphatic heterocycles. The Balaban J connectivity index is 1.62. The minimum atomic E-state index is -0.398. The van der Waals surface area contributed by atoms with E-state index in [1.807, 2.05) is 24.3 Å². The van der Waals surface area contributed by atoms with Gasteiger partial charge in [0, 0.05) is 5.02 Å². The van der Waals surface area contributed by atoms with Gasteiger partial charge >= 0.3 is 0 Å². The number of hydrogen-bond donors (Lipinski definition) is 3. The van der Waals surface area contributed by atoms with Crippen LogP contribution in [0, 0.1) is 0 Å². The molecule has 1 aromatic rings. The molecule has 1 fully saturated rings. The Bertz CT molecular complexity index is 436. The van der Waals surface area contributed by atoms with E-state index in [4.69, 9.17) is 16.3 Å². The zero-order chi connectivity index (χ0) is 15.8.